The fourth-order valence-electron chi connectivity index (χ4n) is 1.67. The van der Waals surface area contributed by atoms with Gasteiger partial charge in [-0.1, -0.05) is 30.4 Å². The fraction of sp³-hybridized carbons (Fsp3) is 0.231. The van der Waals surface area contributed by atoms with E-state index in [4.69, 9.17) is 27.8 Å². The van der Waals surface area contributed by atoms with Crippen LogP contribution < -0.4 is 10.5 Å². The Bertz CT molecular complexity index is 572. The molecule has 5 heteroatoms. The van der Waals surface area contributed by atoms with Crippen LogP contribution in [0.3, 0.4) is 0 Å². The molecule has 0 spiro atoms. The number of aromatic nitrogens is 1. The number of nitrogens with two attached hydrogens (primary N) is 1. The lowest BCUT2D eigenvalue weighted by molar-refractivity contribution is 0.229. The van der Waals surface area contributed by atoms with Gasteiger partial charge in [-0.25, -0.2) is 4.98 Å². The second-order valence-corrected chi connectivity index (χ2v) is 4.25. The average Bonchev–Trinajstić information content (AvgIpc) is 2.38. The van der Waals surface area contributed by atoms with Crippen LogP contribution in [0.4, 0.5) is 0 Å². The molecule has 0 atom stereocenters. The summed E-state index contributed by atoms with van der Waals surface area (Å²) in [5.41, 5.74) is 7.26. The van der Waals surface area contributed by atoms with Crippen molar-refractivity contribution in [3.05, 3.63) is 35.9 Å². The van der Waals surface area contributed by atoms with E-state index < -0.39 is 0 Å². The van der Waals surface area contributed by atoms with Gasteiger partial charge in [0, 0.05) is 30.0 Å². The molecule has 0 aliphatic rings. The Kier molecular flexibility index (Phi) is 4.07. The van der Waals surface area contributed by atoms with Gasteiger partial charge in [-0.05, 0) is 6.07 Å². The first-order chi connectivity index (χ1) is 8.72. The van der Waals surface area contributed by atoms with Crippen molar-refractivity contribution in [3.63, 3.8) is 0 Å². The number of benzene rings is 1. The molecule has 0 unspecified atom stereocenters. The van der Waals surface area contributed by atoms with Crippen LogP contribution in [-0.4, -0.2) is 28.3 Å². The Morgan fingerprint density at radius 2 is 2.17 bits per heavy atom. The van der Waals surface area contributed by atoms with Crippen LogP contribution in [0, 0.1) is 0 Å². The molecule has 1 heterocycles. The summed E-state index contributed by atoms with van der Waals surface area (Å²) in [5.74, 6) is 0.477. The minimum Gasteiger partial charge on any atom is -0.478 e. The zero-order chi connectivity index (χ0) is 13.0. The van der Waals surface area contributed by atoms with Gasteiger partial charge in [0.05, 0.1) is 12.1 Å². The predicted molar refractivity (Wildman–Crippen MR) is 74.8 cm³/mol. The third-order valence-corrected chi connectivity index (χ3v) is 2.73. The van der Waals surface area contributed by atoms with Crippen molar-refractivity contribution < 1.29 is 9.84 Å². The molecule has 0 fully saturated rings. The van der Waals surface area contributed by atoms with E-state index in [-0.39, 0.29) is 6.61 Å². The monoisotopic (exact) mass is 262 g/mol. The van der Waals surface area contributed by atoms with Gasteiger partial charge >= 0.3 is 0 Å². The Labute approximate surface area is 110 Å². The summed E-state index contributed by atoms with van der Waals surface area (Å²) in [5, 5.41) is 9.63. The van der Waals surface area contributed by atoms with Crippen molar-refractivity contribution in [2.75, 3.05) is 13.2 Å². The summed E-state index contributed by atoms with van der Waals surface area (Å²) in [6, 6.07) is 9.36. The molecule has 0 radical (unpaired) electrons. The number of aliphatic hydroxyl groups excluding tert-OH is 1. The van der Waals surface area contributed by atoms with E-state index in [0.717, 1.165) is 16.5 Å². The highest BCUT2D eigenvalue weighted by Crippen LogP contribution is 2.22. The molecule has 0 bridgehead atoms. The minimum absolute atomic E-state index is 0.0930. The first-order valence-electron chi connectivity index (χ1n) is 5.65. The summed E-state index contributed by atoms with van der Waals surface area (Å²) in [6.45, 7) is 0.508. The smallest absolute Gasteiger partial charge is 0.214 e. The van der Waals surface area contributed by atoms with E-state index in [1.165, 1.54) is 0 Å². The third-order valence-electron chi connectivity index (χ3n) is 2.51. The van der Waals surface area contributed by atoms with Crippen molar-refractivity contribution in [2.45, 2.75) is 6.42 Å². The van der Waals surface area contributed by atoms with Crippen LogP contribution >= 0.6 is 12.2 Å². The molecular formula is C13H14N2O2S. The summed E-state index contributed by atoms with van der Waals surface area (Å²) < 4.78 is 5.46. The van der Waals surface area contributed by atoms with E-state index in [0.29, 0.717) is 23.9 Å². The largest absolute Gasteiger partial charge is 0.478 e. The quantitative estimate of drug-likeness (QED) is 0.633. The van der Waals surface area contributed by atoms with E-state index in [2.05, 4.69) is 4.98 Å². The molecule has 3 N–H and O–H groups in total. The molecule has 0 amide bonds. The van der Waals surface area contributed by atoms with E-state index in [9.17, 15) is 0 Å². The average molecular weight is 262 g/mol. The van der Waals surface area contributed by atoms with Gasteiger partial charge in [0.2, 0.25) is 5.88 Å². The zero-order valence-electron chi connectivity index (χ0n) is 9.80. The Morgan fingerprint density at radius 1 is 1.39 bits per heavy atom. The summed E-state index contributed by atoms with van der Waals surface area (Å²) in [6.07, 6.45) is 0.566. The maximum atomic E-state index is 8.72. The number of aliphatic hydroxyl groups is 1. The van der Waals surface area contributed by atoms with Crippen LogP contribution in [0.15, 0.2) is 30.3 Å². The lowest BCUT2D eigenvalue weighted by Gasteiger charge is -2.09. The van der Waals surface area contributed by atoms with Gasteiger partial charge < -0.3 is 15.6 Å². The van der Waals surface area contributed by atoms with Gasteiger partial charge in [0.15, 0.2) is 0 Å². The van der Waals surface area contributed by atoms with Crippen molar-refractivity contribution in [1.29, 1.82) is 0 Å². The number of thiocarbonyl (C=S) groups is 1. The molecule has 18 heavy (non-hydrogen) atoms. The van der Waals surface area contributed by atoms with Gasteiger partial charge in [-0.15, -0.1) is 0 Å². The first kappa shape index (κ1) is 12.7. The van der Waals surface area contributed by atoms with Crippen LogP contribution in [0.5, 0.6) is 5.88 Å². The summed E-state index contributed by atoms with van der Waals surface area (Å²) >= 11 is 5.04. The summed E-state index contributed by atoms with van der Waals surface area (Å²) in [7, 11) is 0. The highest BCUT2D eigenvalue weighted by Gasteiger charge is 2.08. The number of hydrogen-bond donors (Lipinski definition) is 2. The number of nitrogens with zero attached hydrogens (tertiary/aromatic N) is 1. The molecule has 0 saturated carbocycles. The molecule has 1 aromatic carbocycles. The second-order valence-electron chi connectivity index (χ2n) is 3.82. The normalized spacial score (nSPS) is 10.5. The molecule has 2 rings (SSSR count). The van der Waals surface area contributed by atoms with Gasteiger partial charge in [0.25, 0.3) is 0 Å². The van der Waals surface area contributed by atoms with Crippen molar-refractivity contribution in [3.8, 4) is 5.88 Å². The fourth-order valence-corrected chi connectivity index (χ4v) is 1.84. The van der Waals surface area contributed by atoms with Crippen LogP contribution in [0.2, 0.25) is 0 Å². The van der Waals surface area contributed by atoms with Gasteiger partial charge in [-0.2, -0.15) is 0 Å². The minimum atomic E-state index is 0.0930. The van der Waals surface area contributed by atoms with Crippen molar-refractivity contribution in [1.82, 2.24) is 4.98 Å². The molecule has 1 aromatic heterocycles. The maximum absolute atomic E-state index is 8.72. The molecule has 4 nitrogen and oxygen atoms in total. The van der Waals surface area contributed by atoms with Gasteiger partial charge in [0.1, 0.15) is 4.99 Å². The molecule has 94 valence electrons. The second kappa shape index (κ2) is 5.75. The Balaban J connectivity index is 2.41. The molecule has 0 saturated heterocycles. The number of ether oxygens (including phenoxy) is 1. The molecular weight excluding hydrogens is 248 g/mol. The third kappa shape index (κ3) is 2.75. The molecule has 0 aliphatic carbocycles. The Hall–Kier alpha value is -1.72. The zero-order valence-corrected chi connectivity index (χ0v) is 10.6. The first-order valence-corrected chi connectivity index (χ1v) is 6.06. The number of rotatable bonds is 5. The number of pyridine rings is 1. The lowest BCUT2D eigenvalue weighted by atomic mass is 10.1. The number of para-hydroxylation sites is 1. The van der Waals surface area contributed by atoms with E-state index >= 15 is 0 Å². The van der Waals surface area contributed by atoms with Crippen molar-refractivity contribution in [2.24, 2.45) is 5.73 Å². The lowest BCUT2D eigenvalue weighted by Crippen LogP contribution is -2.11. The highest BCUT2D eigenvalue weighted by atomic mass is 32.1. The number of fused-ring (bicyclic) bond motifs is 1. The van der Waals surface area contributed by atoms with E-state index in [1.807, 2.05) is 24.3 Å². The predicted octanol–water partition coefficient (Wildman–Crippen LogP) is 1.63. The topological polar surface area (TPSA) is 68.4 Å². The standard InChI is InChI=1S/C13H14N2O2S/c14-13(18)10-8-12(17-7-3-6-16)15-11-5-2-1-4-9(10)11/h1-2,4-5,8,16H,3,6-7H2,(H2,14,18). The maximum Gasteiger partial charge on any atom is 0.214 e. The molecule has 0 aliphatic heterocycles. The van der Waals surface area contributed by atoms with Crippen molar-refractivity contribution >= 4 is 28.1 Å². The van der Waals surface area contributed by atoms with E-state index in [1.54, 1.807) is 6.07 Å². The van der Waals surface area contributed by atoms with Crippen LogP contribution in [0.25, 0.3) is 10.9 Å². The van der Waals surface area contributed by atoms with Crippen LogP contribution in [0.1, 0.15) is 12.0 Å². The Morgan fingerprint density at radius 3 is 2.89 bits per heavy atom. The number of hydrogen-bond acceptors (Lipinski definition) is 4. The SMILES string of the molecule is NC(=S)c1cc(OCCCO)nc2ccccc12. The van der Waals surface area contributed by atoms with Crippen LogP contribution in [-0.2, 0) is 0 Å². The highest BCUT2D eigenvalue weighted by molar-refractivity contribution is 7.80. The van der Waals surface area contributed by atoms with Gasteiger partial charge in [-0.3, -0.25) is 0 Å². The molecule has 2 aromatic rings. The summed E-state index contributed by atoms with van der Waals surface area (Å²) in [4.78, 5) is 4.69.